The molecule has 2 heterocycles. The Balaban J connectivity index is 1.58. The number of carbonyl (C=O) groups is 3. The first-order valence-corrected chi connectivity index (χ1v) is 8.85. The topological polar surface area (TPSA) is 114 Å². The number of carbonyl (C=O) groups excluding carboxylic acids is 3. The van der Waals surface area contributed by atoms with E-state index in [1.807, 2.05) is 18.2 Å². The van der Waals surface area contributed by atoms with Crippen LogP contribution in [0, 0.1) is 0 Å². The molecule has 0 aromatic heterocycles. The second-order valence-corrected chi connectivity index (χ2v) is 6.47. The van der Waals surface area contributed by atoms with Gasteiger partial charge in [0, 0.05) is 38.2 Å². The summed E-state index contributed by atoms with van der Waals surface area (Å²) in [5.74, 6) is -0.816. The molecule has 0 aliphatic carbocycles. The number of piperidine rings is 1. The fraction of sp³-hybridized carbons (Fsp3) is 0.500. The predicted octanol–water partition coefficient (Wildman–Crippen LogP) is -0.487. The van der Waals surface area contributed by atoms with Crippen LogP contribution in [0.25, 0.3) is 0 Å². The van der Waals surface area contributed by atoms with Crippen LogP contribution in [0.2, 0.25) is 0 Å². The Morgan fingerprint density at radius 1 is 1.27 bits per heavy atom. The molecule has 1 saturated heterocycles. The molecule has 4 N–H and O–H groups in total. The zero-order valence-corrected chi connectivity index (χ0v) is 14.6. The molecule has 0 spiro atoms. The highest BCUT2D eigenvalue weighted by molar-refractivity contribution is 6.05. The van der Waals surface area contributed by atoms with E-state index in [2.05, 4.69) is 10.6 Å². The molecule has 8 heteroatoms. The summed E-state index contributed by atoms with van der Waals surface area (Å²) < 4.78 is 5.30. The number of nitrogens with zero attached hydrogens (tertiary/aromatic N) is 1. The number of hydrogen-bond acceptors (Lipinski definition) is 6. The molecule has 0 bridgehead atoms. The fourth-order valence-corrected chi connectivity index (χ4v) is 3.27. The molecule has 1 atom stereocenters. The quantitative estimate of drug-likeness (QED) is 0.426. The number of fused-ring (bicyclic) bond motifs is 1. The third-order valence-corrected chi connectivity index (χ3v) is 4.61. The van der Waals surface area contributed by atoms with E-state index in [1.165, 1.54) is 0 Å². The van der Waals surface area contributed by atoms with Gasteiger partial charge in [-0.25, -0.2) is 0 Å². The predicted molar refractivity (Wildman–Crippen MR) is 94.1 cm³/mol. The van der Waals surface area contributed by atoms with Crippen molar-refractivity contribution in [2.24, 2.45) is 5.73 Å². The molecule has 1 fully saturated rings. The van der Waals surface area contributed by atoms with Crippen molar-refractivity contribution in [1.29, 1.82) is 0 Å². The number of rotatable bonds is 8. The first kappa shape index (κ1) is 18.5. The molecule has 3 amide bonds. The number of amides is 3. The molecule has 0 radical (unpaired) electrons. The summed E-state index contributed by atoms with van der Waals surface area (Å²) in [6.07, 6.45) is 0.638. The van der Waals surface area contributed by atoms with Gasteiger partial charge < -0.3 is 20.7 Å². The van der Waals surface area contributed by atoms with Crippen LogP contribution in [0.4, 0.5) is 0 Å². The van der Waals surface area contributed by atoms with E-state index in [0.717, 1.165) is 11.1 Å². The SMILES string of the molecule is NCCOCCNCc1ccc2c(c1)C(=O)N(C1CCC(=O)NC1=O)C2. The van der Waals surface area contributed by atoms with Gasteiger partial charge in [-0.2, -0.15) is 0 Å². The van der Waals surface area contributed by atoms with Gasteiger partial charge in [-0.05, 0) is 23.6 Å². The lowest BCUT2D eigenvalue weighted by Crippen LogP contribution is -2.52. The summed E-state index contributed by atoms with van der Waals surface area (Å²) in [6, 6.07) is 5.21. The second-order valence-electron chi connectivity index (χ2n) is 6.47. The number of nitrogens with one attached hydrogen (secondary N) is 2. The van der Waals surface area contributed by atoms with Gasteiger partial charge in [0.2, 0.25) is 11.8 Å². The molecule has 2 aliphatic heterocycles. The zero-order chi connectivity index (χ0) is 18.5. The van der Waals surface area contributed by atoms with Crippen molar-refractivity contribution in [3.63, 3.8) is 0 Å². The minimum absolute atomic E-state index is 0.150. The van der Waals surface area contributed by atoms with E-state index < -0.39 is 6.04 Å². The molecule has 140 valence electrons. The average molecular weight is 360 g/mol. The Labute approximate surface area is 152 Å². The van der Waals surface area contributed by atoms with Crippen molar-refractivity contribution in [2.75, 3.05) is 26.3 Å². The fourth-order valence-electron chi connectivity index (χ4n) is 3.27. The van der Waals surface area contributed by atoms with Gasteiger partial charge in [0.25, 0.3) is 5.91 Å². The molecule has 1 aromatic carbocycles. The van der Waals surface area contributed by atoms with Crippen molar-refractivity contribution >= 4 is 17.7 Å². The van der Waals surface area contributed by atoms with Crippen molar-refractivity contribution in [3.05, 3.63) is 34.9 Å². The number of nitrogens with two attached hydrogens (primary N) is 1. The van der Waals surface area contributed by atoms with Crippen LogP contribution in [-0.2, 0) is 27.4 Å². The van der Waals surface area contributed by atoms with Crippen molar-refractivity contribution in [1.82, 2.24) is 15.5 Å². The van der Waals surface area contributed by atoms with Crippen LogP contribution in [0.3, 0.4) is 0 Å². The molecule has 0 saturated carbocycles. The van der Waals surface area contributed by atoms with Crippen molar-refractivity contribution in [2.45, 2.75) is 32.0 Å². The summed E-state index contributed by atoms with van der Waals surface area (Å²) in [4.78, 5) is 37.6. The van der Waals surface area contributed by atoms with Gasteiger partial charge in [0.05, 0.1) is 13.2 Å². The maximum absolute atomic E-state index is 12.7. The van der Waals surface area contributed by atoms with Gasteiger partial charge in [-0.3, -0.25) is 19.7 Å². The summed E-state index contributed by atoms with van der Waals surface area (Å²) in [7, 11) is 0. The molecule has 1 aromatic rings. The third kappa shape index (κ3) is 4.09. The van der Waals surface area contributed by atoms with Gasteiger partial charge in [-0.1, -0.05) is 12.1 Å². The largest absolute Gasteiger partial charge is 0.379 e. The van der Waals surface area contributed by atoms with E-state index in [1.54, 1.807) is 4.90 Å². The Kier molecular flexibility index (Phi) is 5.97. The Hall–Kier alpha value is -2.29. The lowest BCUT2D eigenvalue weighted by molar-refractivity contribution is -0.136. The lowest BCUT2D eigenvalue weighted by atomic mass is 10.0. The molecule has 3 rings (SSSR count). The highest BCUT2D eigenvalue weighted by Gasteiger charge is 2.38. The first-order valence-electron chi connectivity index (χ1n) is 8.85. The van der Waals surface area contributed by atoms with Crippen molar-refractivity contribution < 1.29 is 19.1 Å². The van der Waals surface area contributed by atoms with Gasteiger partial charge in [0.1, 0.15) is 6.04 Å². The molecular weight excluding hydrogens is 336 g/mol. The van der Waals surface area contributed by atoms with Gasteiger partial charge in [0.15, 0.2) is 0 Å². The normalized spacial score (nSPS) is 19.7. The van der Waals surface area contributed by atoms with Crippen LogP contribution < -0.4 is 16.4 Å². The van der Waals surface area contributed by atoms with Crippen LogP contribution in [0.1, 0.15) is 34.3 Å². The highest BCUT2D eigenvalue weighted by atomic mass is 16.5. The Morgan fingerprint density at radius 2 is 2.12 bits per heavy atom. The molecular formula is C18H24N4O4. The number of imide groups is 1. The Morgan fingerprint density at radius 3 is 2.88 bits per heavy atom. The number of benzene rings is 1. The highest BCUT2D eigenvalue weighted by Crippen LogP contribution is 2.28. The molecule has 1 unspecified atom stereocenters. The zero-order valence-electron chi connectivity index (χ0n) is 14.6. The minimum atomic E-state index is -0.575. The van der Waals surface area contributed by atoms with Crippen LogP contribution in [-0.4, -0.2) is 55.0 Å². The minimum Gasteiger partial charge on any atom is -0.379 e. The monoisotopic (exact) mass is 360 g/mol. The van der Waals surface area contributed by atoms with E-state index in [0.29, 0.717) is 51.4 Å². The van der Waals surface area contributed by atoms with Crippen LogP contribution >= 0.6 is 0 Å². The average Bonchev–Trinajstić information content (AvgIpc) is 2.94. The van der Waals surface area contributed by atoms with E-state index in [4.69, 9.17) is 10.5 Å². The smallest absolute Gasteiger partial charge is 0.255 e. The summed E-state index contributed by atoms with van der Waals surface area (Å²) in [5, 5.41) is 5.57. The van der Waals surface area contributed by atoms with Gasteiger partial charge in [-0.15, -0.1) is 0 Å². The van der Waals surface area contributed by atoms with E-state index in [-0.39, 0.29) is 24.1 Å². The van der Waals surface area contributed by atoms with Gasteiger partial charge >= 0.3 is 0 Å². The lowest BCUT2D eigenvalue weighted by Gasteiger charge is -2.29. The van der Waals surface area contributed by atoms with E-state index >= 15 is 0 Å². The maximum Gasteiger partial charge on any atom is 0.255 e. The summed E-state index contributed by atoms with van der Waals surface area (Å²) in [5.41, 5.74) is 7.90. The summed E-state index contributed by atoms with van der Waals surface area (Å²) >= 11 is 0. The second kappa shape index (κ2) is 8.39. The number of ether oxygens (including phenoxy) is 1. The van der Waals surface area contributed by atoms with E-state index in [9.17, 15) is 14.4 Å². The maximum atomic E-state index is 12.7. The number of hydrogen-bond donors (Lipinski definition) is 3. The van der Waals surface area contributed by atoms with Crippen LogP contribution in [0.5, 0.6) is 0 Å². The molecule has 26 heavy (non-hydrogen) atoms. The Bertz CT molecular complexity index is 706. The standard InChI is InChI=1S/C18H24N4O4/c19-5-7-26-8-6-20-10-12-1-2-13-11-22(18(25)14(13)9-12)15-3-4-16(23)21-17(15)24/h1-2,9,15,20H,3-8,10-11,19H2,(H,21,23,24). The third-order valence-electron chi connectivity index (χ3n) is 4.61. The van der Waals surface area contributed by atoms with Crippen molar-refractivity contribution in [3.8, 4) is 0 Å². The van der Waals surface area contributed by atoms with Crippen LogP contribution in [0.15, 0.2) is 18.2 Å². The first-order chi connectivity index (χ1) is 12.6. The molecule has 8 nitrogen and oxygen atoms in total. The summed E-state index contributed by atoms with van der Waals surface area (Å²) in [6.45, 7) is 3.38. The molecule has 2 aliphatic rings.